The molecule has 2 aliphatic carbocycles. The van der Waals surface area contributed by atoms with Crippen LogP contribution in [0.3, 0.4) is 0 Å². The molecule has 0 atom stereocenters. The maximum absolute atomic E-state index is 12.6. The van der Waals surface area contributed by atoms with Gasteiger partial charge in [0.05, 0.1) is 11.1 Å². The summed E-state index contributed by atoms with van der Waals surface area (Å²) in [5, 5.41) is 0. The number of allylic oxidation sites excluding steroid dienone is 2. The van der Waals surface area contributed by atoms with Crippen molar-refractivity contribution in [3.8, 4) is 0 Å². The summed E-state index contributed by atoms with van der Waals surface area (Å²) < 4.78 is 5.11. The van der Waals surface area contributed by atoms with E-state index in [1.807, 2.05) is 0 Å². The fourth-order valence-corrected chi connectivity index (χ4v) is 3.74. The standard InChI is InChI=1S/C21H22N2O5/c24-18(23(15-10-11-15)14-6-2-1-3-7-14)13-28-19(25)12-22-20(26)16-8-4-5-9-17(16)21(22)27/h4-6,8-9,15H,1-3,7,10-13H2. The van der Waals surface area contributed by atoms with E-state index < -0.39 is 24.3 Å². The van der Waals surface area contributed by atoms with Crippen LogP contribution in [0.15, 0.2) is 36.0 Å². The molecular formula is C21H22N2O5. The Morgan fingerprint density at radius 1 is 1.07 bits per heavy atom. The zero-order chi connectivity index (χ0) is 19.7. The Kier molecular flexibility index (Phi) is 4.98. The molecule has 1 saturated carbocycles. The zero-order valence-electron chi connectivity index (χ0n) is 15.6. The second-order valence-corrected chi connectivity index (χ2v) is 7.34. The van der Waals surface area contributed by atoms with Crippen LogP contribution < -0.4 is 0 Å². The lowest BCUT2D eigenvalue weighted by atomic mass is 10.0. The van der Waals surface area contributed by atoms with Gasteiger partial charge in [-0.25, -0.2) is 0 Å². The highest BCUT2D eigenvalue weighted by Gasteiger charge is 2.38. The van der Waals surface area contributed by atoms with E-state index in [-0.39, 0.29) is 29.7 Å². The molecule has 0 aromatic heterocycles. The third-order valence-corrected chi connectivity index (χ3v) is 5.28. The third kappa shape index (κ3) is 3.56. The van der Waals surface area contributed by atoms with Gasteiger partial charge in [-0.15, -0.1) is 0 Å². The molecule has 0 radical (unpaired) electrons. The second-order valence-electron chi connectivity index (χ2n) is 7.34. The van der Waals surface area contributed by atoms with E-state index in [0.29, 0.717) is 0 Å². The molecule has 0 N–H and O–H groups in total. The van der Waals surface area contributed by atoms with Crippen LogP contribution in [0, 0.1) is 0 Å². The molecule has 3 aliphatic rings. The number of carbonyl (C=O) groups is 4. The first-order chi connectivity index (χ1) is 13.6. The van der Waals surface area contributed by atoms with Crippen LogP contribution >= 0.6 is 0 Å². The van der Waals surface area contributed by atoms with Gasteiger partial charge < -0.3 is 9.64 Å². The first-order valence-corrected chi connectivity index (χ1v) is 9.68. The van der Waals surface area contributed by atoms with Gasteiger partial charge >= 0.3 is 5.97 Å². The Balaban J connectivity index is 1.34. The van der Waals surface area contributed by atoms with Crippen LogP contribution in [0.1, 0.15) is 59.2 Å². The fourth-order valence-electron chi connectivity index (χ4n) is 3.74. The van der Waals surface area contributed by atoms with Crippen molar-refractivity contribution in [1.29, 1.82) is 0 Å². The molecule has 1 fully saturated rings. The van der Waals surface area contributed by atoms with E-state index in [2.05, 4.69) is 6.08 Å². The average molecular weight is 382 g/mol. The van der Waals surface area contributed by atoms with E-state index in [1.165, 1.54) is 0 Å². The van der Waals surface area contributed by atoms with Crippen molar-refractivity contribution in [3.63, 3.8) is 0 Å². The Hall–Kier alpha value is -2.96. The molecular weight excluding hydrogens is 360 g/mol. The van der Waals surface area contributed by atoms with Crippen molar-refractivity contribution < 1.29 is 23.9 Å². The molecule has 28 heavy (non-hydrogen) atoms. The molecule has 0 spiro atoms. The highest BCUT2D eigenvalue weighted by Crippen LogP contribution is 2.33. The molecule has 1 heterocycles. The number of rotatable bonds is 6. The summed E-state index contributed by atoms with van der Waals surface area (Å²) in [6.07, 6.45) is 8.04. The van der Waals surface area contributed by atoms with Crippen molar-refractivity contribution in [2.24, 2.45) is 0 Å². The number of nitrogens with zero attached hydrogens (tertiary/aromatic N) is 2. The first kappa shape index (κ1) is 18.4. The average Bonchev–Trinajstić information content (AvgIpc) is 3.52. The minimum absolute atomic E-state index is 0.201. The molecule has 4 rings (SSSR count). The van der Waals surface area contributed by atoms with E-state index in [9.17, 15) is 19.2 Å². The molecule has 0 saturated heterocycles. The Bertz CT molecular complexity index is 836. The van der Waals surface area contributed by atoms with Crippen LogP contribution in [0.2, 0.25) is 0 Å². The highest BCUT2D eigenvalue weighted by atomic mass is 16.5. The largest absolute Gasteiger partial charge is 0.454 e. The summed E-state index contributed by atoms with van der Waals surface area (Å²) in [7, 11) is 0. The van der Waals surface area contributed by atoms with Crippen LogP contribution in [0.5, 0.6) is 0 Å². The molecule has 1 aromatic rings. The summed E-state index contributed by atoms with van der Waals surface area (Å²) in [5.74, 6) is -2.05. The van der Waals surface area contributed by atoms with Crippen LogP contribution in [0.25, 0.3) is 0 Å². The van der Waals surface area contributed by atoms with Gasteiger partial charge in [-0.3, -0.25) is 24.1 Å². The van der Waals surface area contributed by atoms with Gasteiger partial charge in [-0.1, -0.05) is 18.2 Å². The van der Waals surface area contributed by atoms with Gasteiger partial charge in [-0.2, -0.15) is 0 Å². The zero-order valence-corrected chi connectivity index (χ0v) is 15.6. The Morgan fingerprint density at radius 2 is 1.75 bits per heavy atom. The quantitative estimate of drug-likeness (QED) is 0.557. The lowest BCUT2D eigenvalue weighted by Gasteiger charge is -2.27. The van der Waals surface area contributed by atoms with Crippen molar-refractivity contribution >= 4 is 23.7 Å². The predicted octanol–water partition coefficient (Wildman–Crippen LogP) is 2.27. The van der Waals surface area contributed by atoms with E-state index in [4.69, 9.17) is 4.74 Å². The van der Waals surface area contributed by atoms with Gasteiger partial charge in [0.2, 0.25) is 0 Å². The predicted molar refractivity (Wildman–Crippen MR) is 99.2 cm³/mol. The summed E-state index contributed by atoms with van der Waals surface area (Å²) in [6, 6.07) is 6.63. The highest BCUT2D eigenvalue weighted by molar-refractivity contribution is 6.22. The van der Waals surface area contributed by atoms with E-state index in [0.717, 1.165) is 49.1 Å². The number of carbonyl (C=O) groups excluding carboxylic acids is 4. The molecule has 7 nitrogen and oxygen atoms in total. The van der Waals surface area contributed by atoms with Gasteiger partial charge in [0.25, 0.3) is 17.7 Å². The van der Waals surface area contributed by atoms with Gasteiger partial charge in [-0.05, 0) is 50.7 Å². The minimum atomic E-state index is -0.767. The molecule has 7 heteroatoms. The number of esters is 1. The monoisotopic (exact) mass is 382 g/mol. The molecule has 1 aliphatic heterocycles. The molecule has 0 bridgehead atoms. The summed E-state index contributed by atoms with van der Waals surface area (Å²) >= 11 is 0. The minimum Gasteiger partial charge on any atom is -0.454 e. The van der Waals surface area contributed by atoms with Crippen molar-refractivity contribution in [1.82, 2.24) is 9.80 Å². The second kappa shape index (κ2) is 7.58. The lowest BCUT2D eigenvalue weighted by Crippen LogP contribution is -2.39. The molecule has 146 valence electrons. The van der Waals surface area contributed by atoms with Gasteiger partial charge in [0, 0.05) is 11.7 Å². The number of amides is 3. The van der Waals surface area contributed by atoms with E-state index in [1.54, 1.807) is 29.2 Å². The van der Waals surface area contributed by atoms with Crippen LogP contribution in [0.4, 0.5) is 0 Å². The number of hydrogen-bond acceptors (Lipinski definition) is 5. The smallest absolute Gasteiger partial charge is 0.326 e. The first-order valence-electron chi connectivity index (χ1n) is 9.68. The number of benzene rings is 1. The third-order valence-electron chi connectivity index (χ3n) is 5.28. The SMILES string of the molecule is O=C(CN1C(=O)c2ccccc2C1=O)OCC(=O)N(C1=CCCCC1)C1CC1. The van der Waals surface area contributed by atoms with Gasteiger partial charge in [0.15, 0.2) is 6.61 Å². The van der Waals surface area contributed by atoms with Gasteiger partial charge in [0.1, 0.15) is 6.54 Å². The summed E-state index contributed by atoms with van der Waals surface area (Å²) in [5.41, 5.74) is 1.58. The van der Waals surface area contributed by atoms with Crippen molar-refractivity contribution in [2.75, 3.05) is 13.2 Å². The van der Waals surface area contributed by atoms with E-state index >= 15 is 0 Å². The lowest BCUT2D eigenvalue weighted by molar-refractivity contribution is -0.151. The summed E-state index contributed by atoms with van der Waals surface area (Å²) in [4.78, 5) is 52.1. The normalized spacial score (nSPS) is 18.6. The Labute approximate surface area is 162 Å². The Morgan fingerprint density at radius 3 is 2.32 bits per heavy atom. The number of ether oxygens (including phenoxy) is 1. The molecule has 0 unspecified atom stereocenters. The molecule has 3 amide bonds. The fraction of sp³-hybridized carbons (Fsp3) is 0.429. The van der Waals surface area contributed by atoms with Crippen molar-refractivity contribution in [2.45, 2.75) is 44.6 Å². The molecule has 1 aromatic carbocycles. The summed E-state index contributed by atoms with van der Waals surface area (Å²) in [6.45, 7) is -0.873. The number of hydrogen-bond donors (Lipinski definition) is 0. The van der Waals surface area contributed by atoms with Crippen LogP contribution in [-0.2, 0) is 14.3 Å². The number of fused-ring (bicyclic) bond motifs is 1. The maximum atomic E-state index is 12.6. The topological polar surface area (TPSA) is 84.0 Å². The maximum Gasteiger partial charge on any atom is 0.326 e. The van der Waals surface area contributed by atoms with Crippen LogP contribution in [-0.4, -0.2) is 52.7 Å². The number of imide groups is 1. The van der Waals surface area contributed by atoms with Crippen molar-refractivity contribution in [3.05, 3.63) is 47.2 Å².